The molecule has 0 radical (unpaired) electrons. The summed E-state index contributed by atoms with van der Waals surface area (Å²) in [5.74, 6) is 0.0254. The number of nitrogens with zero attached hydrogens (tertiary/aromatic N) is 1. The Labute approximate surface area is 183 Å². The van der Waals surface area contributed by atoms with Crippen molar-refractivity contribution in [3.63, 3.8) is 0 Å². The van der Waals surface area contributed by atoms with Gasteiger partial charge in [0.2, 0.25) is 0 Å². The van der Waals surface area contributed by atoms with Crippen molar-refractivity contribution >= 4 is 23.3 Å². The molecule has 0 saturated heterocycles. The van der Waals surface area contributed by atoms with Gasteiger partial charge in [0, 0.05) is 12.5 Å². The molecule has 1 atom stereocenters. The van der Waals surface area contributed by atoms with Crippen molar-refractivity contribution in [1.29, 1.82) is 0 Å². The van der Waals surface area contributed by atoms with Crippen molar-refractivity contribution in [3.05, 3.63) is 46.5 Å². The normalized spacial score (nSPS) is 13.3. The number of ether oxygens (including phenoxy) is 5. The van der Waals surface area contributed by atoms with Crippen molar-refractivity contribution in [2.75, 3.05) is 32.2 Å². The van der Waals surface area contributed by atoms with Gasteiger partial charge in [0.25, 0.3) is 11.6 Å². The minimum atomic E-state index is -0.983. The Morgan fingerprint density at radius 3 is 2.38 bits per heavy atom. The molecule has 0 fully saturated rings. The van der Waals surface area contributed by atoms with Gasteiger partial charge in [0.05, 0.1) is 31.3 Å². The predicted molar refractivity (Wildman–Crippen MR) is 111 cm³/mol. The number of hydrogen-bond donors (Lipinski definition) is 1. The molecule has 0 spiro atoms. The first-order valence-corrected chi connectivity index (χ1v) is 9.72. The lowest BCUT2D eigenvalue weighted by atomic mass is 10.2. The largest absolute Gasteiger partial charge is 0.497 e. The molecule has 0 saturated carbocycles. The van der Waals surface area contributed by atoms with E-state index in [9.17, 15) is 19.7 Å². The van der Waals surface area contributed by atoms with Crippen molar-refractivity contribution in [1.82, 2.24) is 0 Å². The first-order valence-electron chi connectivity index (χ1n) is 9.72. The van der Waals surface area contributed by atoms with Crippen LogP contribution in [0.15, 0.2) is 36.4 Å². The van der Waals surface area contributed by atoms with Gasteiger partial charge in [-0.3, -0.25) is 14.9 Å². The molecule has 11 nitrogen and oxygen atoms in total. The number of nitro benzene ring substituents is 1. The maximum Gasteiger partial charge on any atom is 0.347 e. The molecule has 1 heterocycles. The Morgan fingerprint density at radius 2 is 1.75 bits per heavy atom. The average Bonchev–Trinajstić information content (AvgIpc) is 3.02. The fourth-order valence-electron chi connectivity index (χ4n) is 2.80. The highest BCUT2D eigenvalue weighted by Gasteiger charge is 2.24. The van der Waals surface area contributed by atoms with Gasteiger partial charge in [-0.15, -0.1) is 0 Å². The number of hydrogen-bond acceptors (Lipinski definition) is 9. The molecule has 32 heavy (non-hydrogen) atoms. The second kappa shape index (κ2) is 10.3. The third kappa shape index (κ3) is 5.78. The van der Waals surface area contributed by atoms with Crippen molar-refractivity contribution < 1.29 is 38.2 Å². The Hall–Kier alpha value is -4.02. The molecule has 11 heteroatoms. The SMILES string of the molecule is COc1ccc(OC(C)C(=O)OCC(=O)Nc2cc3c(cc2[N+](=O)[O-])OCCCO3)cc1. The summed E-state index contributed by atoms with van der Waals surface area (Å²) in [6.07, 6.45) is -0.361. The van der Waals surface area contributed by atoms with E-state index in [4.69, 9.17) is 23.7 Å². The highest BCUT2D eigenvalue weighted by atomic mass is 16.6. The second-order valence-corrected chi connectivity index (χ2v) is 6.72. The zero-order valence-corrected chi connectivity index (χ0v) is 17.5. The maximum absolute atomic E-state index is 12.2. The number of nitro groups is 1. The van der Waals surface area contributed by atoms with Crippen molar-refractivity contribution in [3.8, 4) is 23.0 Å². The summed E-state index contributed by atoms with van der Waals surface area (Å²) in [5.41, 5.74) is -0.465. The molecule has 3 rings (SSSR count). The first kappa shape index (κ1) is 22.7. The van der Waals surface area contributed by atoms with Crippen LogP contribution in [0.4, 0.5) is 11.4 Å². The van der Waals surface area contributed by atoms with E-state index >= 15 is 0 Å². The number of anilines is 1. The topological polar surface area (TPSA) is 135 Å². The zero-order valence-electron chi connectivity index (χ0n) is 17.5. The molecular weight excluding hydrogens is 424 g/mol. The summed E-state index contributed by atoms with van der Waals surface area (Å²) in [4.78, 5) is 35.1. The zero-order chi connectivity index (χ0) is 23.1. The summed E-state index contributed by atoms with van der Waals surface area (Å²) in [7, 11) is 1.53. The summed E-state index contributed by atoms with van der Waals surface area (Å²) in [5, 5.41) is 13.8. The molecule has 1 amide bonds. The van der Waals surface area contributed by atoms with Crippen LogP contribution in [0.3, 0.4) is 0 Å². The van der Waals surface area contributed by atoms with E-state index < -0.39 is 29.5 Å². The van der Waals surface area contributed by atoms with Gasteiger partial charge in [0.1, 0.15) is 17.2 Å². The van der Waals surface area contributed by atoms with Crippen LogP contribution in [-0.4, -0.2) is 49.8 Å². The van der Waals surface area contributed by atoms with Gasteiger partial charge in [-0.05, 0) is 31.2 Å². The molecule has 0 bridgehead atoms. The number of esters is 1. The molecule has 2 aromatic carbocycles. The Balaban J connectivity index is 1.58. The van der Waals surface area contributed by atoms with Crippen LogP contribution < -0.4 is 24.3 Å². The fourth-order valence-corrected chi connectivity index (χ4v) is 2.80. The number of nitrogens with one attached hydrogen (secondary N) is 1. The number of methoxy groups -OCH3 is 1. The first-order chi connectivity index (χ1) is 15.4. The molecule has 1 aliphatic rings. The lowest BCUT2D eigenvalue weighted by Crippen LogP contribution is -2.29. The van der Waals surface area contributed by atoms with Gasteiger partial charge in [0.15, 0.2) is 24.2 Å². The number of fused-ring (bicyclic) bond motifs is 1. The fraction of sp³-hybridized carbons (Fsp3) is 0.333. The quantitative estimate of drug-likeness (QED) is 0.369. The Bertz CT molecular complexity index is 992. The van der Waals surface area contributed by atoms with Crippen LogP contribution >= 0.6 is 0 Å². The van der Waals surface area contributed by atoms with Crippen LogP contribution in [0.2, 0.25) is 0 Å². The standard InChI is InChI=1S/C21H22N2O9/c1-13(32-15-6-4-14(28-2)5-7-15)21(25)31-12-20(24)22-16-10-18-19(11-17(16)23(26)27)30-9-3-8-29-18/h4-7,10-11,13H,3,8-9,12H2,1-2H3,(H,22,24). The molecule has 0 aromatic heterocycles. The summed E-state index contributed by atoms with van der Waals surface area (Å²) < 4.78 is 26.4. The number of rotatable bonds is 8. The van der Waals surface area contributed by atoms with Gasteiger partial charge >= 0.3 is 5.97 Å². The third-order valence-electron chi connectivity index (χ3n) is 4.39. The molecule has 1 unspecified atom stereocenters. The lowest BCUT2D eigenvalue weighted by Gasteiger charge is -2.14. The number of carbonyl (C=O) groups excluding carboxylic acids is 2. The van der Waals surface area contributed by atoms with E-state index in [-0.39, 0.29) is 22.9 Å². The molecular formula is C21H22N2O9. The number of carbonyl (C=O) groups is 2. The van der Waals surface area contributed by atoms with E-state index in [0.29, 0.717) is 31.1 Å². The smallest absolute Gasteiger partial charge is 0.347 e. The van der Waals surface area contributed by atoms with E-state index in [1.165, 1.54) is 26.2 Å². The second-order valence-electron chi connectivity index (χ2n) is 6.72. The monoisotopic (exact) mass is 446 g/mol. The van der Waals surface area contributed by atoms with E-state index in [1.807, 2.05) is 0 Å². The predicted octanol–water partition coefficient (Wildman–Crippen LogP) is 2.71. The van der Waals surface area contributed by atoms with Gasteiger partial charge in [-0.25, -0.2) is 4.79 Å². The van der Waals surface area contributed by atoms with Crippen LogP contribution in [0, 0.1) is 10.1 Å². The highest BCUT2D eigenvalue weighted by molar-refractivity contribution is 5.95. The molecule has 1 N–H and O–H groups in total. The minimum absolute atomic E-state index is 0.0946. The Morgan fingerprint density at radius 1 is 1.12 bits per heavy atom. The molecule has 0 aliphatic carbocycles. The average molecular weight is 446 g/mol. The van der Waals surface area contributed by atoms with Crippen LogP contribution in [0.5, 0.6) is 23.0 Å². The van der Waals surface area contributed by atoms with Crippen molar-refractivity contribution in [2.45, 2.75) is 19.4 Å². The van der Waals surface area contributed by atoms with E-state index in [0.717, 1.165) is 0 Å². The maximum atomic E-state index is 12.2. The summed E-state index contributed by atoms with van der Waals surface area (Å²) >= 11 is 0. The lowest BCUT2D eigenvalue weighted by molar-refractivity contribution is -0.384. The Kier molecular flexibility index (Phi) is 7.32. The molecule has 2 aromatic rings. The van der Waals surface area contributed by atoms with Gasteiger partial charge in [-0.1, -0.05) is 0 Å². The third-order valence-corrected chi connectivity index (χ3v) is 4.39. The van der Waals surface area contributed by atoms with Crippen molar-refractivity contribution in [2.24, 2.45) is 0 Å². The number of amides is 1. The summed E-state index contributed by atoms with van der Waals surface area (Å²) in [6.45, 7) is 1.56. The van der Waals surface area contributed by atoms with Crippen LogP contribution in [0.25, 0.3) is 0 Å². The van der Waals surface area contributed by atoms with E-state index in [1.54, 1.807) is 24.3 Å². The van der Waals surface area contributed by atoms with Crippen LogP contribution in [-0.2, 0) is 14.3 Å². The molecule has 170 valence electrons. The van der Waals surface area contributed by atoms with Gasteiger partial charge < -0.3 is 29.0 Å². The minimum Gasteiger partial charge on any atom is -0.497 e. The van der Waals surface area contributed by atoms with Gasteiger partial charge in [-0.2, -0.15) is 0 Å². The number of benzene rings is 2. The summed E-state index contributed by atoms with van der Waals surface area (Å²) in [6, 6.07) is 9.09. The highest BCUT2D eigenvalue weighted by Crippen LogP contribution is 2.39. The van der Waals surface area contributed by atoms with E-state index in [2.05, 4.69) is 5.32 Å². The van der Waals surface area contributed by atoms with Crippen LogP contribution in [0.1, 0.15) is 13.3 Å². The molecule has 1 aliphatic heterocycles.